The maximum Gasteiger partial charge on any atom is 0.114 e. The second-order valence-electron chi connectivity index (χ2n) is 2.26. The molecule has 0 heterocycles. The third kappa shape index (κ3) is 1.76. The molecule has 0 aliphatic carbocycles. The fourth-order valence-electron chi connectivity index (χ4n) is 0.894. The highest BCUT2D eigenvalue weighted by atomic mass is 32.1. The summed E-state index contributed by atoms with van der Waals surface area (Å²) in [6.45, 7) is 1.93. The summed E-state index contributed by atoms with van der Waals surface area (Å²) >= 11 is 0.336. The molecule has 0 aromatic heterocycles. The van der Waals surface area contributed by atoms with Gasteiger partial charge in [0.15, 0.2) is 0 Å². The highest BCUT2D eigenvalue weighted by Gasteiger charge is 1.98. The highest BCUT2D eigenvalue weighted by Crippen LogP contribution is 2.04. The minimum absolute atomic E-state index is 0.336. The smallest absolute Gasteiger partial charge is 0.114 e. The topological polar surface area (TPSA) is 43.1 Å². The van der Waals surface area contributed by atoms with Gasteiger partial charge in [-0.2, -0.15) is 0 Å². The fraction of sp³-hybridized carbons (Fsp3) is 0.125. The van der Waals surface area contributed by atoms with E-state index in [0.717, 1.165) is 11.1 Å². The van der Waals surface area contributed by atoms with Gasteiger partial charge in [-0.05, 0) is 12.5 Å². The van der Waals surface area contributed by atoms with Crippen LogP contribution in [-0.2, 0) is 11.3 Å². The van der Waals surface area contributed by atoms with Crippen molar-refractivity contribution < 1.29 is 4.21 Å². The first kappa shape index (κ1) is 8.17. The molecule has 58 valence electrons. The quantitative estimate of drug-likeness (QED) is 0.624. The monoisotopic (exact) mass is 167 g/mol. The van der Waals surface area contributed by atoms with E-state index in [0.29, 0.717) is 16.2 Å². The average Bonchev–Trinajstić information content (AvgIpc) is 2.04. The largest absolute Gasteiger partial charge is 0.291 e. The summed E-state index contributed by atoms with van der Waals surface area (Å²) in [6.07, 6.45) is 0. The maximum absolute atomic E-state index is 10.3. The molecule has 0 amide bonds. The van der Waals surface area contributed by atoms with Gasteiger partial charge in [0.05, 0.1) is 0 Å². The Morgan fingerprint density at radius 1 is 1.45 bits per heavy atom. The Kier molecular flexibility index (Phi) is 2.57. The Morgan fingerprint density at radius 2 is 2.09 bits per heavy atom. The molecule has 3 heteroatoms. The van der Waals surface area contributed by atoms with Crippen LogP contribution in [0.5, 0.6) is 0 Å². The molecule has 0 unspecified atom stereocenters. The van der Waals surface area contributed by atoms with Crippen LogP contribution in [0.25, 0.3) is 0 Å². The van der Waals surface area contributed by atoms with Crippen LogP contribution in [0.4, 0.5) is 0 Å². The summed E-state index contributed by atoms with van der Waals surface area (Å²) in [7, 11) is 0. The van der Waals surface area contributed by atoms with Crippen molar-refractivity contribution in [2.45, 2.75) is 6.92 Å². The number of hydrogen-bond donors (Lipinski definition) is 1. The summed E-state index contributed by atoms with van der Waals surface area (Å²) in [5.41, 5.74) is 7.34. The number of aryl methyl sites for hydroxylation is 1. The van der Waals surface area contributed by atoms with E-state index in [1.807, 2.05) is 31.2 Å². The number of nitrogens with two attached hydrogens (primary N) is 1. The number of hydrogen-bond acceptors (Lipinski definition) is 1. The zero-order valence-electron chi connectivity index (χ0n) is 6.20. The molecule has 2 N–H and O–H groups in total. The molecular weight excluding hydrogens is 158 g/mol. The molecule has 1 rings (SSSR count). The predicted molar refractivity (Wildman–Crippen MR) is 47.6 cm³/mol. The van der Waals surface area contributed by atoms with Crippen molar-refractivity contribution in [1.29, 1.82) is 0 Å². The molecular formula is C8H9NOS. The van der Waals surface area contributed by atoms with Gasteiger partial charge in [0.1, 0.15) is 16.2 Å². The first-order valence-electron chi connectivity index (χ1n) is 3.24. The van der Waals surface area contributed by atoms with Gasteiger partial charge in [-0.1, -0.05) is 24.3 Å². The Labute approximate surface area is 69.1 Å². The van der Waals surface area contributed by atoms with Gasteiger partial charge in [-0.15, -0.1) is 0 Å². The molecule has 0 atom stereocenters. The fourth-order valence-corrected chi connectivity index (χ4v) is 1.21. The first-order valence-corrected chi connectivity index (χ1v) is 3.98. The van der Waals surface area contributed by atoms with Crippen LogP contribution in [0.2, 0.25) is 0 Å². The van der Waals surface area contributed by atoms with Crippen LogP contribution in [-0.4, -0.2) is 9.20 Å². The zero-order valence-corrected chi connectivity index (χ0v) is 7.02. The number of rotatable bonds is 1. The minimum Gasteiger partial charge on any atom is -0.291 e. The third-order valence-electron chi connectivity index (χ3n) is 1.50. The molecule has 0 spiro atoms. The summed E-state index contributed by atoms with van der Waals surface area (Å²) in [4.78, 5) is 0.336. The molecule has 11 heavy (non-hydrogen) atoms. The second-order valence-corrected chi connectivity index (χ2v) is 2.87. The van der Waals surface area contributed by atoms with Crippen LogP contribution < -0.4 is 5.73 Å². The van der Waals surface area contributed by atoms with E-state index in [4.69, 9.17) is 5.73 Å². The molecule has 2 nitrogen and oxygen atoms in total. The average molecular weight is 167 g/mol. The summed E-state index contributed by atoms with van der Waals surface area (Å²) < 4.78 is 10.3. The van der Waals surface area contributed by atoms with E-state index in [1.54, 1.807) is 0 Å². The van der Waals surface area contributed by atoms with Crippen molar-refractivity contribution in [1.82, 2.24) is 0 Å². The molecule has 0 fully saturated rings. The van der Waals surface area contributed by atoms with E-state index < -0.39 is 0 Å². The molecule has 1 aromatic carbocycles. The number of benzene rings is 1. The molecule has 1 aromatic rings. The van der Waals surface area contributed by atoms with Crippen LogP contribution in [0.1, 0.15) is 11.1 Å². The van der Waals surface area contributed by atoms with Crippen molar-refractivity contribution in [3.05, 3.63) is 35.4 Å². The van der Waals surface area contributed by atoms with E-state index in [2.05, 4.69) is 0 Å². The predicted octanol–water partition coefficient (Wildman–Crippen LogP) is 0.645. The van der Waals surface area contributed by atoms with Gasteiger partial charge in [-0.25, -0.2) is 4.21 Å². The van der Waals surface area contributed by atoms with Crippen molar-refractivity contribution in [2.24, 2.45) is 5.73 Å². The standard InChI is InChI=1S/C8H9NOS/c1-6-4-2-3-5-7(6)8(9)11-10/h2-5H,9H2,1H3. The molecule has 0 aliphatic heterocycles. The van der Waals surface area contributed by atoms with Gasteiger partial charge in [-0.3, -0.25) is 5.73 Å². The summed E-state index contributed by atoms with van der Waals surface area (Å²) in [6, 6.07) is 7.56. The van der Waals surface area contributed by atoms with Crippen LogP contribution in [0.3, 0.4) is 0 Å². The lowest BCUT2D eigenvalue weighted by Crippen LogP contribution is -2.13. The van der Waals surface area contributed by atoms with Crippen molar-refractivity contribution in [3.8, 4) is 0 Å². The second kappa shape index (κ2) is 3.46. The van der Waals surface area contributed by atoms with Gasteiger partial charge in [0.25, 0.3) is 0 Å². The molecule has 0 saturated carbocycles. The lowest BCUT2D eigenvalue weighted by atomic mass is 10.1. The summed E-state index contributed by atoms with van der Waals surface area (Å²) in [5, 5.41) is 0. The minimum atomic E-state index is 0.336. The SMILES string of the molecule is Cc1ccccc1C(N)=S=O. The Morgan fingerprint density at radius 3 is 2.64 bits per heavy atom. The van der Waals surface area contributed by atoms with Gasteiger partial charge >= 0.3 is 0 Å². The molecule has 0 saturated heterocycles. The zero-order chi connectivity index (χ0) is 8.27. The first-order chi connectivity index (χ1) is 5.25. The lowest BCUT2D eigenvalue weighted by molar-refractivity contribution is 0.701. The highest BCUT2D eigenvalue weighted by molar-refractivity contribution is 7.66. The van der Waals surface area contributed by atoms with Crippen LogP contribution >= 0.6 is 0 Å². The van der Waals surface area contributed by atoms with Gasteiger partial charge in [0.2, 0.25) is 0 Å². The van der Waals surface area contributed by atoms with Crippen LogP contribution in [0.15, 0.2) is 24.3 Å². The van der Waals surface area contributed by atoms with Gasteiger partial charge < -0.3 is 0 Å². The lowest BCUT2D eigenvalue weighted by Gasteiger charge is -1.99. The van der Waals surface area contributed by atoms with Crippen molar-refractivity contribution in [3.63, 3.8) is 0 Å². The Balaban J connectivity index is 3.24. The Bertz CT molecular complexity index is 316. The van der Waals surface area contributed by atoms with Crippen molar-refractivity contribution in [2.75, 3.05) is 0 Å². The Hall–Kier alpha value is -0.930. The van der Waals surface area contributed by atoms with Crippen LogP contribution in [0, 0.1) is 6.92 Å². The van der Waals surface area contributed by atoms with E-state index >= 15 is 0 Å². The van der Waals surface area contributed by atoms with E-state index in [9.17, 15) is 4.21 Å². The van der Waals surface area contributed by atoms with Crippen molar-refractivity contribution >= 4 is 16.2 Å². The molecule has 0 aliphatic rings. The molecule has 0 radical (unpaired) electrons. The van der Waals surface area contributed by atoms with E-state index in [1.165, 1.54) is 0 Å². The van der Waals surface area contributed by atoms with E-state index in [-0.39, 0.29) is 0 Å². The normalized spacial score (nSPS) is 9.27. The maximum atomic E-state index is 10.3. The third-order valence-corrected chi connectivity index (χ3v) is 1.90. The molecule has 0 bridgehead atoms. The summed E-state index contributed by atoms with van der Waals surface area (Å²) in [5.74, 6) is 0. The van der Waals surface area contributed by atoms with Gasteiger partial charge in [0, 0.05) is 5.56 Å².